The Labute approximate surface area is 161 Å². The highest BCUT2D eigenvalue weighted by Gasteiger charge is 2.25. The zero-order valence-corrected chi connectivity index (χ0v) is 15.9. The molecular formula is C18H24F2N4O2S. The zero-order chi connectivity index (χ0) is 19.2. The molecule has 2 heterocycles. The number of nitrogens with zero attached hydrogens (tertiary/aromatic N) is 3. The van der Waals surface area contributed by atoms with Gasteiger partial charge in [0.15, 0.2) is 0 Å². The molecule has 0 unspecified atom stereocenters. The van der Waals surface area contributed by atoms with Crippen molar-refractivity contribution in [3.63, 3.8) is 0 Å². The van der Waals surface area contributed by atoms with E-state index in [2.05, 4.69) is 10.2 Å². The number of urea groups is 1. The molecule has 0 aromatic heterocycles. The Hall–Kier alpha value is -1.87. The average molecular weight is 398 g/mol. The molecule has 6 nitrogen and oxygen atoms in total. The van der Waals surface area contributed by atoms with Crippen LogP contribution in [0.5, 0.6) is 0 Å². The predicted molar refractivity (Wildman–Crippen MR) is 101 cm³/mol. The van der Waals surface area contributed by atoms with Crippen molar-refractivity contribution in [1.29, 1.82) is 0 Å². The number of nitrogens with one attached hydrogen (secondary N) is 1. The number of amides is 3. The number of thioether (sulfide) groups is 1. The molecule has 0 aliphatic carbocycles. The Kier molecular flexibility index (Phi) is 6.89. The molecular weight excluding hydrogens is 374 g/mol. The lowest BCUT2D eigenvalue weighted by molar-refractivity contribution is -0.131. The van der Waals surface area contributed by atoms with E-state index in [1.807, 2.05) is 4.90 Å². The molecule has 0 saturated carbocycles. The summed E-state index contributed by atoms with van der Waals surface area (Å²) in [6, 6.07) is 6.24. The summed E-state index contributed by atoms with van der Waals surface area (Å²) in [5.74, 6) is -2.39. The number of piperazine rings is 1. The third kappa shape index (κ3) is 5.55. The number of hydrogen-bond acceptors (Lipinski definition) is 4. The molecule has 2 saturated heterocycles. The number of halogens is 2. The molecule has 1 aromatic carbocycles. The molecule has 2 aliphatic heterocycles. The van der Waals surface area contributed by atoms with E-state index in [0.717, 1.165) is 25.9 Å². The van der Waals surface area contributed by atoms with Crippen LogP contribution in [0.4, 0.5) is 19.3 Å². The third-order valence-corrected chi connectivity index (χ3v) is 5.61. The van der Waals surface area contributed by atoms with Gasteiger partial charge in [-0.1, -0.05) is 23.9 Å². The summed E-state index contributed by atoms with van der Waals surface area (Å²) in [6.07, 6.45) is 2.15. The second-order valence-electron chi connectivity index (χ2n) is 6.66. The highest BCUT2D eigenvalue weighted by Crippen LogP contribution is 2.31. The molecule has 27 heavy (non-hydrogen) atoms. The van der Waals surface area contributed by atoms with Gasteiger partial charge in [0.25, 0.3) is 5.76 Å². The van der Waals surface area contributed by atoms with Gasteiger partial charge in [-0.25, -0.2) is 4.79 Å². The molecule has 0 atom stereocenters. The largest absolute Gasteiger partial charge is 0.342 e. The number of para-hydroxylation sites is 1. The van der Waals surface area contributed by atoms with E-state index in [0.29, 0.717) is 55.1 Å². The van der Waals surface area contributed by atoms with E-state index in [9.17, 15) is 18.4 Å². The van der Waals surface area contributed by atoms with Crippen molar-refractivity contribution in [2.24, 2.45) is 0 Å². The van der Waals surface area contributed by atoms with E-state index in [4.69, 9.17) is 0 Å². The smallest absolute Gasteiger partial charge is 0.321 e. The van der Waals surface area contributed by atoms with E-state index < -0.39 is 5.76 Å². The summed E-state index contributed by atoms with van der Waals surface area (Å²) in [5.41, 5.74) is 0.388. The maximum atomic E-state index is 12.7. The Bertz CT molecular complexity index is 663. The number of hydrogen-bond donors (Lipinski definition) is 1. The van der Waals surface area contributed by atoms with Gasteiger partial charge in [-0.15, -0.1) is 0 Å². The van der Waals surface area contributed by atoms with Crippen molar-refractivity contribution in [2.75, 3.05) is 51.1 Å². The van der Waals surface area contributed by atoms with Crippen LogP contribution in [0.25, 0.3) is 0 Å². The van der Waals surface area contributed by atoms with Crippen molar-refractivity contribution in [2.45, 2.75) is 23.5 Å². The summed E-state index contributed by atoms with van der Waals surface area (Å²) in [6.45, 7) is 4.34. The highest BCUT2D eigenvalue weighted by atomic mass is 32.2. The first-order chi connectivity index (χ1) is 13.0. The first-order valence-corrected chi connectivity index (χ1v) is 10.0. The van der Waals surface area contributed by atoms with Gasteiger partial charge in [-0.2, -0.15) is 8.78 Å². The molecule has 0 radical (unpaired) electrons. The number of benzene rings is 1. The fraction of sp³-hybridized carbons (Fsp3) is 0.556. The van der Waals surface area contributed by atoms with Crippen LogP contribution in [0, 0.1) is 0 Å². The highest BCUT2D eigenvalue weighted by molar-refractivity contribution is 7.99. The maximum absolute atomic E-state index is 12.7. The molecule has 2 fully saturated rings. The summed E-state index contributed by atoms with van der Waals surface area (Å²) in [7, 11) is 0. The second kappa shape index (κ2) is 9.36. The lowest BCUT2D eigenvalue weighted by atomic mass is 10.3. The minimum Gasteiger partial charge on any atom is -0.342 e. The van der Waals surface area contributed by atoms with Crippen molar-refractivity contribution < 1.29 is 18.4 Å². The van der Waals surface area contributed by atoms with E-state index in [1.54, 1.807) is 29.2 Å². The molecule has 9 heteroatoms. The Balaban J connectivity index is 1.48. The Morgan fingerprint density at radius 2 is 1.67 bits per heavy atom. The predicted octanol–water partition coefficient (Wildman–Crippen LogP) is 2.77. The van der Waals surface area contributed by atoms with Crippen LogP contribution in [-0.2, 0) is 4.79 Å². The summed E-state index contributed by atoms with van der Waals surface area (Å²) in [5, 5.41) is 2.73. The number of carbonyl (C=O) groups is 2. The molecule has 3 rings (SSSR count). The minimum atomic E-state index is -2.54. The second-order valence-corrected chi connectivity index (χ2v) is 7.69. The van der Waals surface area contributed by atoms with Gasteiger partial charge >= 0.3 is 6.03 Å². The minimum absolute atomic E-state index is 0.156. The molecule has 0 bridgehead atoms. The number of likely N-dealkylation sites (tertiary alicyclic amines) is 1. The van der Waals surface area contributed by atoms with Gasteiger partial charge in [-0.05, 0) is 25.0 Å². The van der Waals surface area contributed by atoms with Crippen LogP contribution in [0.15, 0.2) is 29.2 Å². The van der Waals surface area contributed by atoms with Crippen LogP contribution in [0.1, 0.15) is 12.8 Å². The van der Waals surface area contributed by atoms with Gasteiger partial charge in [0.2, 0.25) is 5.91 Å². The number of carbonyl (C=O) groups excluding carboxylic acids is 2. The van der Waals surface area contributed by atoms with Crippen LogP contribution in [0.3, 0.4) is 0 Å². The van der Waals surface area contributed by atoms with E-state index in [-0.39, 0.29) is 11.9 Å². The molecule has 1 aromatic rings. The number of rotatable bonds is 5. The van der Waals surface area contributed by atoms with Crippen LogP contribution < -0.4 is 5.32 Å². The lowest BCUT2D eigenvalue weighted by Crippen LogP contribution is -2.52. The topological polar surface area (TPSA) is 55.9 Å². The lowest BCUT2D eigenvalue weighted by Gasteiger charge is -2.35. The monoisotopic (exact) mass is 398 g/mol. The molecule has 3 amide bonds. The number of anilines is 1. The van der Waals surface area contributed by atoms with Crippen molar-refractivity contribution >= 4 is 29.4 Å². The van der Waals surface area contributed by atoms with Crippen molar-refractivity contribution in [3.05, 3.63) is 24.3 Å². The van der Waals surface area contributed by atoms with E-state index >= 15 is 0 Å². The van der Waals surface area contributed by atoms with Crippen LogP contribution >= 0.6 is 11.8 Å². The van der Waals surface area contributed by atoms with Crippen LogP contribution in [-0.4, -0.2) is 78.2 Å². The molecule has 2 aliphatic rings. The normalized spacial score (nSPS) is 18.2. The number of alkyl halides is 2. The Morgan fingerprint density at radius 3 is 2.33 bits per heavy atom. The van der Waals surface area contributed by atoms with Gasteiger partial charge in [0.05, 0.1) is 12.2 Å². The van der Waals surface area contributed by atoms with Gasteiger partial charge in [0, 0.05) is 44.2 Å². The fourth-order valence-electron chi connectivity index (χ4n) is 3.33. The third-order valence-electron chi connectivity index (χ3n) is 4.82. The fourth-order valence-corrected chi connectivity index (χ4v) is 3.92. The van der Waals surface area contributed by atoms with Crippen molar-refractivity contribution in [1.82, 2.24) is 14.7 Å². The standard InChI is InChI=1S/C18H24F2N4O2S/c19-17(20)27-15-6-2-1-5-14(15)21-18(26)24-11-9-22(10-12-24)13-16(25)23-7-3-4-8-23/h1-2,5-6,17H,3-4,7-13H2,(H,21,26). The summed E-state index contributed by atoms with van der Waals surface area (Å²) < 4.78 is 25.3. The zero-order valence-electron chi connectivity index (χ0n) is 15.1. The molecule has 148 valence electrons. The summed E-state index contributed by atoms with van der Waals surface area (Å²) in [4.78, 5) is 30.6. The first kappa shape index (κ1) is 19.9. The van der Waals surface area contributed by atoms with E-state index in [1.165, 1.54) is 0 Å². The van der Waals surface area contributed by atoms with Gasteiger partial charge in [-0.3, -0.25) is 9.69 Å². The quantitative estimate of drug-likeness (QED) is 0.775. The molecule has 0 spiro atoms. The average Bonchev–Trinajstić information content (AvgIpc) is 3.18. The molecule has 1 N–H and O–H groups in total. The van der Waals surface area contributed by atoms with Gasteiger partial charge < -0.3 is 15.1 Å². The van der Waals surface area contributed by atoms with Crippen molar-refractivity contribution in [3.8, 4) is 0 Å². The first-order valence-electron chi connectivity index (χ1n) is 9.13. The summed E-state index contributed by atoms with van der Waals surface area (Å²) >= 11 is 0.416. The van der Waals surface area contributed by atoms with Gasteiger partial charge in [0.1, 0.15) is 0 Å². The Morgan fingerprint density at radius 1 is 1.00 bits per heavy atom. The maximum Gasteiger partial charge on any atom is 0.321 e. The SMILES string of the molecule is O=C(CN1CCN(C(=O)Nc2ccccc2SC(F)F)CC1)N1CCCC1. The van der Waals surface area contributed by atoms with Crippen LogP contribution in [0.2, 0.25) is 0 Å².